The molecule has 1 aromatic carbocycles. The van der Waals surface area contributed by atoms with Crippen molar-refractivity contribution in [1.82, 2.24) is 14.9 Å². The van der Waals surface area contributed by atoms with Gasteiger partial charge in [0.15, 0.2) is 0 Å². The zero-order valence-corrected chi connectivity index (χ0v) is 11.6. The summed E-state index contributed by atoms with van der Waals surface area (Å²) in [5.74, 6) is 1.10. The van der Waals surface area contributed by atoms with Crippen molar-refractivity contribution < 1.29 is 0 Å². The van der Waals surface area contributed by atoms with Crippen LogP contribution in [-0.4, -0.2) is 22.6 Å². The molecule has 98 valence electrons. The fraction of sp³-hybridized carbons (Fsp3) is 0.533. The zero-order valence-electron chi connectivity index (χ0n) is 11.6. The third-order valence-electron chi connectivity index (χ3n) is 3.36. The Hall–Kier alpha value is -1.35. The predicted molar refractivity (Wildman–Crippen MR) is 77.0 cm³/mol. The van der Waals surface area contributed by atoms with Crippen LogP contribution in [0.25, 0.3) is 11.0 Å². The van der Waals surface area contributed by atoms with Gasteiger partial charge in [0.25, 0.3) is 0 Å². The standard InChI is InChI=1S/C15H23N3/c1-4-5-10-16-11-12(2)18-13(3)17-14-8-6-7-9-15(14)18/h6-9,12,16H,4-5,10-11H2,1-3H3. The summed E-state index contributed by atoms with van der Waals surface area (Å²) in [5.41, 5.74) is 2.33. The van der Waals surface area contributed by atoms with Crippen LogP contribution in [-0.2, 0) is 0 Å². The molecular formula is C15H23N3. The number of benzene rings is 1. The second-order valence-electron chi connectivity index (χ2n) is 4.92. The smallest absolute Gasteiger partial charge is 0.107 e. The van der Waals surface area contributed by atoms with E-state index in [2.05, 4.69) is 53.8 Å². The van der Waals surface area contributed by atoms with E-state index < -0.39 is 0 Å². The molecule has 0 aliphatic heterocycles. The van der Waals surface area contributed by atoms with Crippen molar-refractivity contribution in [2.24, 2.45) is 0 Å². The van der Waals surface area contributed by atoms with Crippen LogP contribution < -0.4 is 5.32 Å². The first-order valence-corrected chi connectivity index (χ1v) is 6.88. The molecule has 0 radical (unpaired) electrons. The first-order valence-electron chi connectivity index (χ1n) is 6.88. The van der Waals surface area contributed by atoms with Gasteiger partial charge in [-0.25, -0.2) is 4.98 Å². The molecule has 0 bridgehead atoms. The van der Waals surface area contributed by atoms with E-state index in [1.165, 1.54) is 18.4 Å². The molecule has 1 N–H and O–H groups in total. The number of nitrogens with zero attached hydrogens (tertiary/aromatic N) is 2. The topological polar surface area (TPSA) is 29.9 Å². The highest BCUT2D eigenvalue weighted by atomic mass is 15.1. The number of rotatable bonds is 6. The molecule has 0 amide bonds. The molecule has 3 nitrogen and oxygen atoms in total. The lowest BCUT2D eigenvalue weighted by molar-refractivity contribution is 0.490. The Morgan fingerprint density at radius 1 is 1.33 bits per heavy atom. The van der Waals surface area contributed by atoms with Gasteiger partial charge in [-0.3, -0.25) is 0 Å². The molecule has 2 aromatic rings. The van der Waals surface area contributed by atoms with E-state index in [0.29, 0.717) is 6.04 Å². The van der Waals surface area contributed by atoms with Gasteiger partial charge in [0.1, 0.15) is 5.82 Å². The molecule has 2 rings (SSSR count). The van der Waals surface area contributed by atoms with E-state index in [4.69, 9.17) is 0 Å². The maximum Gasteiger partial charge on any atom is 0.107 e. The van der Waals surface area contributed by atoms with Gasteiger partial charge in [0, 0.05) is 12.6 Å². The van der Waals surface area contributed by atoms with Crippen LogP contribution in [0.15, 0.2) is 24.3 Å². The summed E-state index contributed by atoms with van der Waals surface area (Å²) < 4.78 is 2.33. The summed E-state index contributed by atoms with van der Waals surface area (Å²) in [6.07, 6.45) is 2.49. The van der Waals surface area contributed by atoms with Gasteiger partial charge in [-0.15, -0.1) is 0 Å². The van der Waals surface area contributed by atoms with E-state index in [1.54, 1.807) is 0 Å². The largest absolute Gasteiger partial charge is 0.324 e. The molecule has 0 aliphatic carbocycles. The Morgan fingerprint density at radius 2 is 2.11 bits per heavy atom. The first-order chi connectivity index (χ1) is 8.74. The highest BCUT2D eigenvalue weighted by Crippen LogP contribution is 2.20. The highest BCUT2D eigenvalue weighted by Gasteiger charge is 2.12. The van der Waals surface area contributed by atoms with Crippen molar-refractivity contribution in [1.29, 1.82) is 0 Å². The maximum absolute atomic E-state index is 4.61. The molecule has 1 aromatic heterocycles. The number of fused-ring (bicyclic) bond motifs is 1. The molecule has 3 heteroatoms. The number of aromatic nitrogens is 2. The number of unbranched alkanes of at least 4 members (excludes halogenated alkanes) is 1. The summed E-state index contributed by atoms with van der Waals surface area (Å²) >= 11 is 0. The molecule has 0 aliphatic rings. The minimum Gasteiger partial charge on any atom is -0.324 e. The van der Waals surface area contributed by atoms with Gasteiger partial charge in [0.2, 0.25) is 0 Å². The summed E-state index contributed by atoms with van der Waals surface area (Å²) in [6, 6.07) is 8.79. The van der Waals surface area contributed by atoms with Gasteiger partial charge in [-0.05, 0) is 38.9 Å². The van der Waals surface area contributed by atoms with Gasteiger partial charge in [-0.1, -0.05) is 25.5 Å². The van der Waals surface area contributed by atoms with Crippen LogP contribution in [0, 0.1) is 6.92 Å². The Kier molecular flexibility index (Phi) is 4.37. The molecule has 0 saturated carbocycles. The molecule has 1 heterocycles. The number of hydrogen-bond acceptors (Lipinski definition) is 2. The van der Waals surface area contributed by atoms with Crippen molar-refractivity contribution in [3.63, 3.8) is 0 Å². The minimum absolute atomic E-state index is 0.439. The van der Waals surface area contributed by atoms with Crippen LogP contribution in [0.4, 0.5) is 0 Å². The van der Waals surface area contributed by atoms with Crippen molar-refractivity contribution >= 4 is 11.0 Å². The SMILES string of the molecule is CCCCNCC(C)n1c(C)nc2ccccc21. The number of para-hydroxylation sites is 2. The molecule has 1 unspecified atom stereocenters. The molecular weight excluding hydrogens is 222 g/mol. The monoisotopic (exact) mass is 245 g/mol. The van der Waals surface area contributed by atoms with Crippen LogP contribution in [0.2, 0.25) is 0 Å². The lowest BCUT2D eigenvalue weighted by atomic mass is 10.2. The van der Waals surface area contributed by atoms with Gasteiger partial charge in [-0.2, -0.15) is 0 Å². The van der Waals surface area contributed by atoms with Gasteiger partial charge in [0.05, 0.1) is 11.0 Å². The third-order valence-corrected chi connectivity index (χ3v) is 3.36. The fourth-order valence-corrected chi connectivity index (χ4v) is 2.43. The predicted octanol–water partition coefficient (Wildman–Crippen LogP) is 3.30. The Bertz CT molecular complexity index is 501. The van der Waals surface area contributed by atoms with E-state index in [-0.39, 0.29) is 0 Å². The van der Waals surface area contributed by atoms with Crippen LogP contribution in [0.3, 0.4) is 0 Å². The van der Waals surface area contributed by atoms with Crippen LogP contribution >= 0.6 is 0 Å². The summed E-state index contributed by atoms with van der Waals surface area (Å²) in [6.45, 7) is 8.66. The number of aryl methyl sites for hydroxylation is 1. The van der Waals surface area contributed by atoms with Gasteiger partial charge < -0.3 is 9.88 Å². The fourth-order valence-electron chi connectivity index (χ4n) is 2.43. The molecule has 0 saturated heterocycles. The third kappa shape index (κ3) is 2.72. The number of imidazole rings is 1. The highest BCUT2D eigenvalue weighted by molar-refractivity contribution is 5.76. The second kappa shape index (κ2) is 6.01. The molecule has 18 heavy (non-hydrogen) atoms. The summed E-state index contributed by atoms with van der Waals surface area (Å²) in [7, 11) is 0. The van der Waals surface area contributed by atoms with Crippen LogP contribution in [0.5, 0.6) is 0 Å². The Morgan fingerprint density at radius 3 is 2.89 bits per heavy atom. The second-order valence-corrected chi connectivity index (χ2v) is 4.92. The quantitative estimate of drug-likeness (QED) is 0.791. The van der Waals surface area contributed by atoms with Crippen LogP contribution in [0.1, 0.15) is 38.6 Å². The Labute approximate surface area is 109 Å². The van der Waals surface area contributed by atoms with Crippen molar-refractivity contribution in [2.45, 2.75) is 39.7 Å². The number of hydrogen-bond donors (Lipinski definition) is 1. The average molecular weight is 245 g/mol. The van der Waals surface area contributed by atoms with E-state index >= 15 is 0 Å². The lowest BCUT2D eigenvalue weighted by Crippen LogP contribution is -2.25. The normalized spacial score (nSPS) is 13.1. The maximum atomic E-state index is 4.61. The zero-order chi connectivity index (χ0) is 13.0. The van der Waals surface area contributed by atoms with Crippen molar-refractivity contribution in [2.75, 3.05) is 13.1 Å². The number of nitrogens with one attached hydrogen (secondary N) is 1. The molecule has 0 fully saturated rings. The average Bonchev–Trinajstić information content (AvgIpc) is 2.70. The minimum atomic E-state index is 0.439. The molecule has 0 spiro atoms. The van der Waals surface area contributed by atoms with Gasteiger partial charge >= 0.3 is 0 Å². The Balaban J connectivity index is 2.12. The van der Waals surface area contributed by atoms with E-state index in [9.17, 15) is 0 Å². The lowest BCUT2D eigenvalue weighted by Gasteiger charge is -2.17. The van der Waals surface area contributed by atoms with Crippen molar-refractivity contribution in [3.05, 3.63) is 30.1 Å². The van der Waals surface area contributed by atoms with E-state index in [0.717, 1.165) is 24.4 Å². The first kappa shape index (κ1) is 13.1. The molecule has 1 atom stereocenters. The summed E-state index contributed by atoms with van der Waals surface area (Å²) in [5, 5.41) is 3.52. The van der Waals surface area contributed by atoms with Crippen molar-refractivity contribution in [3.8, 4) is 0 Å². The van der Waals surface area contributed by atoms with E-state index in [1.807, 2.05) is 6.07 Å². The summed E-state index contributed by atoms with van der Waals surface area (Å²) in [4.78, 5) is 4.61.